The van der Waals surface area contributed by atoms with Gasteiger partial charge in [-0.25, -0.2) is 9.78 Å². The van der Waals surface area contributed by atoms with Crippen molar-refractivity contribution in [3.05, 3.63) is 23.9 Å². The van der Waals surface area contributed by atoms with Crippen LogP contribution in [0.25, 0.3) is 6.08 Å². The maximum absolute atomic E-state index is 10.5. The van der Waals surface area contributed by atoms with Crippen molar-refractivity contribution in [2.75, 3.05) is 0 Å². The van der Waals surface area contributed by atoms with Gasteiger partial charge < -0.3 is 15.4 Å². The Labute approximate surface area is 81.9 Å². The van der Waals surface area contributed by atoms with E-state index in [1.165, 1.54) is 6.08 Å². The zero-order valence-corrected chi connectivity index (χ0v) is 7.97. The van der Waals surface area contributed by atoms with E-state index >= 15 is 0 Å². The Balaban J connectivity index is 2.90. The van der Waals surface area contributed by atoms with E-state index in [2.05, 4.69) is 4.98 Å². The SMILES string of the molecule is CCCn1ccnc1/C=C(/N)C(=O)O. The van der Waals surface area contributed by atoms with Crippen LogP contribution in [-0.4, -0.2) is 20.6 Å². The molecule has 0 saturated carbocycles. The van der Waals surface area contributed by atoms with Crippen molar-refractivity contribution in [3.8, 4) is 0 Å². The van der Waals surface area contributed by atoms with Crippen LogP contribution in [0.15, 0.2) is 18.1 Å². The minimum Gasteiger partial charge on any atom is -0.477 e. The summed E-state index contributed by atoms with van der Waals surface area (Å²) in [6, 6.07) is 0. The van der Waals surface area contributed by atoms with Gasteiger partial charge in [-0.1, -0.05) is 6.92 Å². The zero-order valence-electron chi connectivity index (χ0n) is 7.97. The molecule has 5 heteroatoms. The number of aliphatic carboxylic acids is 1. The molecule has 76 valence electrons. The van der Waals surface area contributed by atoms with E-state index in [9.17, 15) is 4.79 Å². The highest BCUT2D eigenvalue weighted by atomic mass is 16.4. The summed E-state index contributed by atoms with van der Waals surface area (Å²) in [7, 11) is 0. The number of carboxylic acid groups (broad SMARTS) is 1. The lowest BCUT2D eigenvalue weighted by Gasteiger charge is -2.02. The van der Waals surface area contributed by atoms with Gasteiger partial charge >= 0.3 is 5.97 Å². The fourth-order valence-corrected chi connectivity index (χ4v) is 1.09. The first-order chi connectivity index (χ1) is 6.65. The molecular formula is C9H13N3O2. The van der Waals surface area contributed by atoms with Gasteiger partial charge in [0.15, 0.2) is 0 Å². The van der Waals surface area contributed by atoms with E-state index in [1.807, 2.05) is 11.5 Å². The van der Waals surface area contributed by atoms with E-state index in [0.717, 1.165) is 13.0 Å². The third-order valence-corrected chi connectivity index (χ3v) is 1.74. The molecule has 14 heavy (non-hydrogen) atoms. The molecule has 1 aromatic heterocycles. The number of rotatable bonds is 4. The Morgan fingerprint density at radius 2 is 2.50 bits per heavy atom. The van der Waals surface area contributed by atoms with Crippen molar-refractivity contribution in [1.29, 1.82) is 0 Å². The molecule has 0 atom stereocenters. The molecule has 0 aliphatic heterocycles. The van der Waals surface area contributed by atoms with Crippen LogP contribution in [0.3, 0.4) is 0 Å². The average molecular weight is 195 g/mol. The average Bonchev–Trinajstić information content (AvgIpc) is 2.53. The topological polar surface area (TPSA) is 81.1 Å². The Kier molecular flexibility index (Phi) is 3.28. The summed E-state index contributed by atoms with van der Waals surface area (Å²) in [5.74, 6) is -0.553. The fraction of sp³-hybridized carbons (Fsp3) is 0.333. The maximum atomic E-state index is 10.5. The van der Waals surface area contributed by atoms with Gasteiger partial charge in [0.25, 0.3) is 0 Å². The molecule has 1 rings (SSSR count). The number of aryl methyl sites for hydroxylation is 1. The number of hydrogen-bond acceptors (Lipinski definition) is 3. The van der Waals surface area contributed by atoms with Crippen molar-refractivity contribution in [2.24, 2.45) is 5.73 Å². The number of aromatic nitrogens is 2. The van der Waals surface area contributed by atoms with E-state index in [-0.39, 0.29) is 5.70 Å². The van der Waals surface area contributed by atoms with Crippen LogP contribution in [0.4, 0.5) is 0 Å². The van der Waals surface area contributed by atoms with E-state index < -0.39 is 5.97 Å². The first-order valence-corrected chi connectivity index (χ1v) is 4.36. The third kappa shape index (κ3) is 2.35. The van der Waals surface area contributed by atoms with Gasteiger partial charge in [0, 0.05) is 25.0 Å². The summed E-state index contributed by atoms with van der Waals surface area (Å²) in [4.78, 5) is 14.5. The van der Waals surface area contributed by atoms with Crippen LogP contribution in [-0.2, 0) is 11.3 Å². The van der Waals surface area contributed by atoms with Crippen LogP contribution < -0.4 is 5.73 Å². The number of carboxylic acids is 1. The molecule has 0 aliphatic carbocycles. The Bertz CT molecular complexity index is 355. The number of nitrogens with two attached hydrogens (primary N) is 1. The highest BCUT2D eigenvalue weighted by Gasteiger charge is 2.04. The van der Waals surface area contributed by atoms with E-state index in [0.29, 0.717) is 5.82 Å². The highest BCUT2D eigenvalue weighted by molar-refractivity contribution is 5.90. The Morgan fingerprint density at radius 3 is 3.07 bits per heavy atom. The highest BCUT2D eigenvalue weighted by Crippen LogP contribution is 2.03. The van der Waals surface area contributed by atoms with Gasteiger partial charge in [-0.3, -0.25) is 0 Å². The Morgan fingerprint density at radius 1 is 1.79 bits per heavy atom. The van der Waals surface area contributed by atoms with Crippen LogP contribution in [0.5, 0.6) is 0 Å². The first-order valence-electron chi connectivity index (χ1n) is 4.36. The molecule has 1 heterocycles. The lowest BCUT2D eigenvalue weighted by Crippen LogP contribution is -2.10. The summed E-state index contributed by atoms with van der Waals surface area (Å²) in [5.41, 5.74) is 5.08. The number of hydrogen-bond donors (Lipinski definition) is 2. The van der Waals surface area contributed by atoms with Crippen LogP contribution >= 0.6 is 0 Å². The standard InChI is InChI=1S/C9H13N3O2/c1-2-4-12-5-3-11-8(12)6-7(10)9(13)14/h3,5-6H,2,4,10H2,1H3,(H,13,14)/b7-6+. The van der Waals surface area contributed by atoms with Gasteiger partial charge in [-0.15, -0.1) is 0 Å². The fourth-order valence-electron chi connectivity index (χ4n) is 1.09. The molecule has 0 saturated heterocycles. The van der Waals surface area contributed by atoms with Crippen molar-refractivity contribution < 1.29 is 9.90 Å². The summed E-state index contributed by atoms with van der Waals surface area (Å²) in [6.45, 7) is 2.84. The molecule has 3 N–H and O–H groups in total. The summed E-state index contributed by atoms with van der Waals surface area (Å²) in [5, 5.41) is 8.57. The predicted octanol–water partition coefficient (Wildman–Crippen LogP) is 0.677. The molecule has 1 aromatic rings. The summed E-state index contributed by atoms with van der Waals surface area (Å²) < 4.78 is 1.86. The second-order valence-corrected chi connectivity index (χ2v) is 2.88. The molecule has 0 fully saturated rings. The van der Waals surface area contributed by atoms with Gasteiger partial charge in [-0.2, -0.15) is 0 Å². The van der Waals surface area contributed by atoms with Crippen molar-refractivity contribution in [1.82, 2.24) is 9.55 Å². The minimum atomic E-state index is -1.13. The van der Waals surface area contributed by atoms with Crippen molar-refractivity contribution in [3.63, 3.8) is 0 Å². The second kappa shape index (κ2) is 4.45. The molecule has 5 nitrogen and oxygen atoms in total. The molecule has 0 aliphatic rings. The zero-order chi connectivity index (χ0) is 10.6. The number of nitrogens with zero attached hydrogens (tertiary/aromatic N) is 2. The Hall–Kier alpha value is -1.78. The molecule has 0 bridgehead atoms. The number of imidazole rings is 1. The maximum Gasteiger partial charge on any atom is 0.351 e. The van der Waals surface area contributed by atoms with Crippen LogP contribution in [0, 0.1) is 0 Å². The lowest BCUT2D eigenvalue weighted by atomic mass is 10.4. The normalized spacial score (nSPS) is 11.6. The van der Waals surface area contributed by atoms with Crippen molar-refractivity contribution >= 4 is 12.0 Å². The van der Waals surface area contributed by atoms with Gasteiger partial charge in [0.2, 0.25) is 0 Å². The van der Waals surface area contributed by atoms with Gasteiger partial charge in [-0.05, 0) is 6.42 Å². The smallest absolute Gasteiger partial charge is 0.351 e. The predicted molar refractivity (Wildman–Crippen MR) is 52.3 cm³/mol. The third-order valence-electron chi connectivity index (χ3n) is 1.74. The van der Waals surface area contributed by atoms with Gasteiger partial charge in [0.1, 0.15) is 11.5 Å². The molecule has 0 aromatic carbocycles. The second-order valence-electron chi connectivity index (χ2n) is 2.88. The summed E-state index contributed by atoms with van der Waals surface area (Å²) >= 11 is 0. The summed E-state index contributed by atoms with van der Waals surface area (Å²) in [6.07, 6.45) is 5.74. The molecule has 0 unspecified atom stereocenters. The van der Waals surface area contributed by atoms with Crippen molar-refractivity contribution in [2.45, 2.75) is 19.9 Å². The monoisotopic (exact) mass is 195 g/mol. The first kappa shape index (κ1) is 10.3. The van der Waals surface area contributed by atoms with Gasteiger partial charge in [0.05, 0.1) is 0 Å². The molecule has 0 amide bonds. The lowest BCUT2D eigenvalue weighted by molar-refractivity contribution is -0.132. The van der Waals surface area contributed by atoms with Crippen LogP contribution in [0.1, 0.15) is 19.2 Å². The van der Waals surface area contributed by atoms with E-state index in [4.69, 9.17) is 10.8 Å². The largest absolute Gasteiger partial charge is 0.477 e. The van der Waals surface area contributed by atoms with E-state index in [1.54, 1.807) is 12.4 Å². The quantitative estimate of drug-likeness (QED) is 0.692. The number of carbonyl (C=O) groups is 1. The minimum absolute atomic E-state index is 0.200. The molecular weight excluding hydrogens is 182 g/mol. The van der Waals surface area contributed by atoms with Crippen LogP contribution in [0.2, 0.25) is 0 Å². The molecule has 0 radical (unpaired) electrons. The molecule has 0 spiro atoms.